The van der Waals surface area contributed by atoms with Gasteiger partial charge < -0.3 is 24.3 Å². The summed E-state index contributed by atoms with van der Waals surface area (Å²) in [5.74, 6) is 2.19. The number of rotatable bonds is 6. The second-order valence-corrected chi connectivity index (χ2v) is 7.11. The van der Waals surface area contributed by atoms with Crippen LogP contribution in [0.2, 0.25) is 0 Å². The predicted octanol–water partition coefficient (Wildman–Crippen LogP) is 2.18. The minimum Gasteiger partial charge on any atom is -0.466 e. The maximum Gasteiger partial charge on any atom is 0.194 e. The predicted molar refractivity (Wildman–Crippen MR) is 118 cm³/mol. The Morgan fingerprint density at radius 3 is 2.68 bits per heavy atom. The number of hydrogen-bond acceptors (Lipinski definition) is 6. The first-order valence-corrected chi connectivity index (χ1v) is 9.42. The molecule has 0 spiro atoms. The molecule has 9 heteroatoms. The van der Waals surface area contributed by atoms with Crippen molar-refractivity contribution < 1.29 is 14.0 Å². The van der Waals surface area contributed by atoms with Gasteiger partial charge in [0.15, 0.2) is 5.96 Å². The molecule has 3 heterocycles. The summed E-state index contributed by atoms with van der Waals surface area (Å²) in [5.41, 5.74) is -0.160. The Hall–Kier alpha value is -1.59. The summed E-state index contributed by atoms with van der Waals surface area (Å²) in [6, 6.07) is 5.52. The molecule has 2 aromatic heterocycles. The van der Waals surface area contributed by atoms with Crippen LogP contribution in [0.15, 0.2) is 38.4 Å². The van der Waals surface area contributed by atoms with Gasteiger partial charge in [0.25, 0.3) is 0 Å². The standard InChI is InChI=1S/C19H29N5O3.HI/c1-4-20-18(21-14-19(3,25)17-6-5-11-26-17)24-9-7-23(8-10-24)13-16-12-15(2)27-22-16;/h5-6,11-12,25H,4,7-10,13-14H2,1-3H3,(H,20,21);1H. The van der Waals surface area contributed by atoms with Gasteiger partial charge in [0.2, 0.25) is 0 Å². The largest absolute Gasteiger partial charge is 0.466 e. The smallest absolute Gasteiger partial charge is 0.194 e. The highest BCUT2D eigenvalue weighted by atomic mass is 127. The molecule has 156 valence electrons. The number of furan rings is 1. The molecule has 8 nitrogen and oxygen atoms in total. The summed E-state index contributed by atoms with van der Waals surface area (Å²) >= 11 is 0. The number of aromatic nitrogens is 1. The number of piperazine rings is 1. The Balaban J connectivity index is 0.00000280. The van der Waals surface area contributed by atoms with Crippen LogP contribution >= 0.6 is 24.0 Å². The van der Waals surface area contributed by atoms with Gasteiger partial charge in [-0.05, 0) is 32.9 Å². The number of halogens is 1. The molecule has 0 radical (unpaired) electrons. The topological polar surface area (TPSA) is 90.3 Å². The molecule has 0 aromatic carbocycles. The van der Waals surface area contributed by atoms with Crippen LogP contribution in [0.4, 0.5) is 0 Å². The normalized spacial score (nSPS) is 17.9. The van der Waals surface area contributed by atoms with Gasteiger partial charge in [-0.25, -0.2) is 4.99 Å². The number of guanidine groups is 1. The summed E-state index contributed by atoms with van der Waals surface area (Å²) in [7, 11) is 0. The van der Waals surface area contributed by atoms with Crippen molar-refractivity contribution in [3.63, 3.8) is 0 Å². The van der Waals surface area contributed by atoms with Crippen LogP contribution < -0.4 is 5.32 Å². The lowest BCUT2D eigenvalue weighted by Crippen LogP contribution is -2.52. The molecule has 1 atom stereocenters. The van der Waals surface area contributed by atoms with Gasteiger partial charge in [-0.15, -0.1) is 24.0 Å². The van der Waals surface area contributed by atoms with E-state index in [0.29, 0.717) is 5.76 Å². The molecule has 3 rings (SSSR count). The van der Waals surface area contributed by atoms with Gasteiger partial charge in [-0.3, -0.25) is 4.90 Å². The molecular weight excluding hydrogens is 473 g/mol. The molecule has 0 aliphatic carbocycles. The van der Waals surface area contributed by atoms with E-state index in [-0.39, 0.29) is 30.5 Å². The fourth-order valence-corrected chi connectivity index (χ4v) is 3.16. The van der Waals surface area contributed by atoms with E-state index in [1.54, 1.807) is 25.3 Å². The van der Waals surface area contributed by atoms with Crippen molar-refractivity contribution in [1.82, 2.24) is 20.3 Å². The van der Waals surface area contributed by atoms with E-state index in [9.17, 15) is 5.11 Å². The fourth-order valence-electron chi connectivity index (χ4n) is 3.16. The summed E-state index contributed by atoms with van der Waals surface area (Å²) in [6.07, 6.45) is 1.56. The van der Waals surface area contributed by atoms with E-state index in [1.165, 1.54) is 0 Å². The Kier molecular flexibility index (Phi) is 8.32. The number of nitrogens with zero attached hydrogens (tertiary/aromatic N) is 4. The molecule has 0 amide bonds. The lowest BCUT2D eigenvalue weighted by Gasteiger charge is -2.36. The molecule has 1 aliphatic rings. The highest BCUT2D eigenvalue weighted by molar-refractivity contribution is 14.0. The van der Waals surface area contributed by atoms with Crippen LogP contribution in [0.5, 0.6) is 0 Å². The van der Waals surface area contributed by atoms with Gasteiger partial charge >= 0.3 is 0 Å². The highest BCUT2D eigenvalue weighted by Gasteiger charge is 2.27. The molecular formula is C19H30IN5O3. The van der Waals surface area contributed by atoms with Crippen molar-refractivity contribution in [2.24, 2.45) is 4.99 Å². The zero-order valence-electron chi connectivity index (χ0n) is 16.7. The third kappa shape index (κ3) is 5.95. The lowest BCUT2D eigenvalue weighted by atomic mass is 10.0. The van der Waals surface area contributed by atoms with Crippen LogP contribution in [0.25, 0.3) is 0 Å². The maximum absolute atomic E-state index is 10.6. The van der Waals surface area contributed by atoms with E-state index < -0.39 is 5.60 Å². The monoisotopic (exact) mass is 503 g/mol. The number of hydrogen-bond donors (Lipinski definition) is 2. The Morgan fingerprint density at radius 1 is 1.36 bits per heavy atom. The second kappa shape index (κ2) is 10.3. The molecule has 0 bridgehead atoms. The number of aliphatic imine (C=N–C) groups is 1. The first-order valence-electron chi connectivity index (χ1n) is 9.42. The third-order valence-electron chi connectivity index (χ3n) is 4.66. The quantitative estimate of drug-likeness (QED) is 0.355. The number of aliphatic hydroxyl groups is 1. The molecule has 2 N–H and O–H groups in total. The molecule has 1 fully saturated rings. The van der Waals surface area contributed by atoms with Gasteiger partial charge in [-0.2, -0.15) is 0 Å². The van der Waals surface area contributed by atoms with Crippen LogP contribution in [0.3, 0.4) is 0 Å². The first-order chi connectivity index (χ1) is 13.0. The minimum atomic E-state index is -1.13. The van der Waals surface area contributed by atoms with E-state index >= 15 is 0 Å². The van der Waals surface area contributed by atoms with E-state index in [4.69, 9.17) is 8.94 Å². The fraction of sp³-hybridized carbons (Fsp3) is 0.579. The van der Waals surface area contributed by atoms with Crippen LogP contribution in [-0.2, 0) is 12.1 Å². The molecule has 1 aliphatic heterocycles. The van der Waals surface area contributed by atoms with Crippen LogP contribution in [0, 0.1) is 6.92 Å². The summed E-state index contributed by atoms with van der Waals surface area (Å²) in [5, 5.41) is 18.0. The van der Waals surface area contributed by atoms with Gasteiger partial charge in [0.05, 0.1) is 18.5 Å². The van der Waals surface area contributed by atoms with Crippen molar-refractivity contribution in [1.29, 1.82) is 0 Å². The number of aryl methyl sites for hydroxylation is 1. The van der Waals surface area contributed by atoms with Crippen molar-refractivity contribution in [2.75, 3.05) is 39.3 Å². The van der Waals surface area contributed by atoms with Gasteiger partial charge in [0, 0.05) is 45.3 Å². The van der Waals surface area contributed by atoms with Crippen LogP contribution in [-0.4, -0.2) is 65.3 Å². The summed E-state index contributed by atoms with van der Waals surface area (Å²) < 4.78 is 10.5. The van der Waals surface area contributed by atoms with Gasteiger partial charge in [-0.1, -0.05) is 5.16 Å². The molecule has 1 saturated heterocycles. The zero-order chi connectivity index (χ0) is 19.3. The van der Waals surface area contributed by atoms with Crippen molar-refractivity contribution in [3.8, 4) is 0 Å². The first kappa shape index (κ1) is 22.7. The Morgan fingerprint density at radius 2 is 2.11 bits per heavy atom. The van der Waals surface area contributed by atoms with Crippen molar-refractivity contribution in [2.45, 2.75) is 32.9 Å². The van der Waals surface area contributed by atoms with E-state index in [0.717, 1.165) is 56.7 Å². The average molecular weight is 503 g/mol. The third-order valence-corrected chi connectivity index (χ3v) is 4.66. The van der Waals surface area contributed by atoms with E-state index in [2.05, 4.69) is 25.3 Å². The maximum atomic E-state index is 10.6. The van der Waals surface area contributed by atoms with Crippen molar-refractivity contribution >= 4 is 29.9 Å². The highest BCUT2D eigenvalue weighted by Crippen LogP contribution is 2.21. The van der Waals surface area contributed by atoms with Gasteiger partial charge in [0.1, 0.15) is 17.1 Å². The molecule has 0 saturated carbocycles. The van der Waals surface area contributed by atoms with Crippen molar-refractivity contribution in [3.05, 3.63) is 41.7 Å². The minimum absolute atomic E-state index is 0. The molecule has 28 heavy (non-hydrogen) atoms. The second-order valence-electron chi connectivity index (χ2n) is 7.11. The summed E-state index contributed by atoms with van der Waals surface area (Å²) in [4.78, 5) is 9.24. The SMILES string of the molecule is CCNC(=NCC(C)(O)c1ccco1)N1CCN(Cc2cc(C)on2)CC1.I. The Labute approximate surface area is 183 Å². The summed E-state index contributed by atoms with van der Waals surface area (Å²) in [6.45, 7) is 11.1. The number of nitrogens with one attached hydrogen (secondary N) is 1. The average Bonchev–Trinajstić information content (AvgIpc) is 3.32. The lowest BCUT2D eigenvalue weighted by molar-refractivity contribution is 0.0433. The van der Waals surface area contributed by atoms with Crippen LogP contribution in [0.1, 0.15) is 31.1 Å². The molecule has 2 aromatic rings. The Bertz CT molecular complexity index is 737. The van der Waals surface area contributed by atoms with E-state index in [1.807, 2.05) is 19.9 Å². The molecule has 1 unspecified atom stereocenters. The zero-order valence-corrected chi connectivity index (χ0v) is 19.1.